The smallest absolute Gasteiger partial charge is 0.211 e. The van der Waals surface area contributed by atoms with Crippen molar-refractivity contribution in [1.82, 2.24) is 9.03 Å². The minimum atomic E-state index is -3.42. The van der Waals surface area contributed by atoms with Gasteiger partial charge in [-0.25, -0.2) is 21.6 Å². The molecule has 0 amide bonds. The third-order valence-corrected chi connectivity index (χ3v) is 4.08. The zero-order valence-corrected chi connectivity index (χ0v) is 11.8. The molecule has 0 aliphatic heterocycles. The summed E-state index contributed by atoms with van der Waals surface area (Å²) in [5.41, 5.74) is 0. The first kappa shape index (κ1) is 15.2. The third kappa shape index (κ3) is 5.63. The summed E-state index contributed by atoms with van der Waals surface area (Å²) in [6.07, 6.45) is 3.53. The molecule has 0 aliphatic rings. The SMILES string of the molecule is CS(=O)(=O)NCCN(Cc1ccco1)S(C)(=O)=O. The molecule has 104 valence electrons. The van der Waals surface area contributed by atoms with Gasteiger partial charge in [0.15, 0.2) is 0 Å². The van der Waals surface area contributed by atoms with Gasteiger partial charge in [0.2, 0.25) is 20.0 Å². The molecule has 0 unspecified atom stereocenters. The first-order chi connectivity index (χ1) is 8.18. The largest absolute Gasteiger partial charge is 0.468 e. The van der Waals surface area contributed by atoms with E-state index in [0.29, 0.717) is 5.76 Å². The van der Waals surface area contributed by atoms with Crippen molar-refractivity contribution in [3.63, 3.8) is 0 Å². The minimum absolute atomic E-state index is 0.0204. The van der Waals surface area contributed by atoms with Crippen molar-refractivity contribution in [3.05, 3.63) is 24.2 Å². The van der Waals surface area contributed by atoms with Gasteiger partial charge in [0, 0.05) is 13.1 Å². The van der Waals surface area contributed by atoms with Crippen LogP contribution in [-0.4, -0.2) is 46.7 Å². The molecule has 0 atom stereocenters. The van der Waals surface area contributed by atoms with Gasteiger partial charge in [-0.15, -0.1) is 0 Å². The molecule has 1 N–H and O–H groups in total. The van der Waals surface area contributed by atoms with Crippen LogP contribution >= 0.6 is 0 Å². The Bertz CT molecular complexity index is 562. The Morgan fingerprint density at radius 1 is 1.28 bits per heavy atom. The highest BCUT2D eigenvalue weighted by molar-refractivity contribution is 7.88. The molecule has 0 fully saturated rings. The van der Waals surface area contributed by atoms with Gasteiger partial charge in [-0.05, 0) is 12.1 Å². The summed E-state index contributed by atoms with van der Waals surface area (Å²) in [4.78, 5) is 0. The molecule has 1 aromatic rings. The molecule has 18 heavy (non-hydrogen) atoms. The fourth-order valence-electron chi connectivity index (χ4n) is 1.29. The summed E-state index contributed by atoms with van der Waals surface area (Å²) in [7, 11) is -6.74. The zero-order chi connectivity index (χ0) is 13.8. The summed E-state index contributed by atoms with van der Waals surface area (Å²) in [5.74, 6) is 0.500. The second-order valence-electron chi connectivity index (χ2n) is 3.84. The van der Waals surface area contributed by atoms with Crippen molar-refractivity contribution < 1.29 is 21.3 Å². The molecule has 1 aromatic heterocycles. The molecule has 7 nitrogen and oxygen atoms in total. The van der Waals surface area contributed by atoms with Crippen molar-refractivity contribution in [2.45, 2.75) is 6.54 Å². The Hall–Kier alpha value is -0.900. The molecule has 1 rings (SSSR count). The van der Waals surface area contributed by atoms with Gasteiger partial charge < -0.3 is 4.42 Å². The van der Waals surface area contributed by atoms with E-state index >= 15 is 0 Å². The number of hydrogen-bond donors (Lipinski definition) is 1. The van der Waals surface area contributed by atoms with Gasteiger partial charge in [-0.3, -0.25) is 0 Å². The second-order valence-corrected chi connectivity index (χ2v) is 7.66. The van der Waals surface area contributed by atoms with Crippen molar-refractivity contribution >= 4 is 20.0 Å². The maximum atomic E-state index is 11.5. The average Bonchev–Trinajstić information content (AvgIpc) is 2.65. The zero-order valence-electron chi connectivity index (χ0n) is 10.2. The van der Waals surface area contributed by atoms with E-state index in [1.807, 2.05) is 0 Å². The Morgan fingerprint density at radius 3 is 2.39 bits per heavy atom. The van der Waals surface area contributed by atoms with E-state index in [0.717, 1.165) is 16.8 Å². The summed E-state index contributed by atoms with van der Waals surface area (Å²) >= 11 is 0. The molecule has 0 bridgehead atoms. The minimum Gasteiger partial charge on any atom is -0.468 e. The predicted molar refractivity (Wildman–Crippen MR) is 66.8 cm³/mol. The van der Waals surface area contributed by atoms with Gasteiger partial charge in [0.25, 0.3) is 0 Å². The van der Waals surface area contributed by atoms with Crippen molar-refractivity contribution in [3.8, 4) is 0 Å². The molecule has 0 saturated carbocycles. The van der Waals surface area contributed by atoms with Crippen LogP contribution in [-0.2, 0) is 26.6 Å². The topological polar surface area (TPSA) is 96.7 Å². The predicted octanol–water partition coefficient (Wildman–Crippen LogP) is -0.410. The highest BCUT2D eigenvalue weighted by Crippen LogP contribution is 2.08. The van der Waals surface area contributed by atoms with Crippen LogP contribution in [0.4, 0.5) is 0 Å². The van der Waals surface area contributed by atoms with E-state index in [1.54, 1.807) is 12.1 Å². The number of hydrogen-bond acceptors (Lipinski definition) is 5. The number of nitrogens with zero attached hydrogens (tertiary/aromatic N) is 1. The lowest BCUT2D eigenvalue weighted by molar-refractivity contribution is 0.368. The standard InChI is InChI=1S/C9H16N2O5S2/c1-17(12,13)10-5-6-11(18(2,14)15)8-9-4-3-7-16-9/h3-4,7,10H,5-6,8H2,1-2H3. The van der Waals surface area contributed by atoms with Crippen LogP contribution in [0.1, 0.15) is 5.76 Å². The van der Waals surface area contributed by atoms with Gasteiger partial charge in [-0.1, -0.05) is 0 Å². The fourth-order valence-corrected chi connectivity index (χ4v) is 2.54. The first-order valence-corrected chi connectivity index (χ1v) is 8.84. The molecule has 0 radical (unpaired) electrons. The molecule has 0 aromatic carbocycles. The highest BCUT2D eigenvalue weighted by Gasteiger charge is 2.18. The maximum Gasteiger partial charge on any atom is 0.211 e. The number of rotatable bonds is 7. The van der Waals surface area contributed by atoms with Gasteiger partial charge in [-0.2, -0.15) is 4.31 Å². The van der Waals surface area contributed by atoms with Crippen LogP contribution < -0.4 is 4.72 Å². The second kappa shape index (κ2) is 5.83. The first-order valence-electron chi connectivity index (χ1n) is 5.10. The summed E-state index contributed by atoms with van der Waals surface area (Å²) in [6, 6.07) is 3.31. The van der Waals surface area contributed by atoms with E-state index in [9.17, 15) is 16.8 Å². The van der Waals surface area contributed by atoms with Crippen LogP contribution in [0.3, 0.4) is 0 Å². The molecular formula is C9H16N2O5S2. The molecule has 1 heterocycles. The Morgan fingerprint density at radius 2 is 1.94 bits per heavy atom. The van der Waals surface area contributed by atoms with Gasteiger partial charge in [0.1, 0.15) is 5.76 Å². The van der Waals surface area contributed by atoms with Gasteiger partial charge >= 0.3 is 0 Å². The van der Waals surface area contributed by atoms with Crippen LogP contribution in [0, 0.1) is 0 Å². The normalized spacial score (nSPS) is 13.1. The summed E-state index contributed by atoms with van der Waals surface area (Å²) in [5, 5.41) is 0. The number of nitrogens with one attached hydrogen (secondary N) is 1. The van der Waals surface area contributed by atoms with E-state index < -0.39 is 20.0 Å². The Kier molecular flexibility index (Phi) is 4.91. The van der Waals surface area contributed by atoms with Crippen molar-refractivity contribution in [2.75, 3.05) is 25.6 Å². The molecule has 9 heteroatoms. The van der Waals surface area contributed by atoms with Crippen LogP contribution in [0.25, 0.3) is 0 Å². The molecule has 0 saturated heterocycles. The quantitative estimate of drug-likeness (QED) is 0.738. The van der Waals surface area contributed by atoms with Crippen LogP contribution in [0.5, 0.6) is 0 Å². The van der Waals surface area contributed by atoms with E-state index in [4.69, 9.17) is 4.42 Å². The molecule has 0 spiro atoms. The number of furan rings is 1. The maximum absolute atomic E-state index is 11.5. The lowest BCUT2D eigenvalue weighted by Crippen LogP contribution is -2.37. The van der Waals surface area contributed by atoms with Crippen molar-refractivity contribution in [2.24, 2.45) is 0 Å². The van der Waals surface area contributed by atoms with Gasteiger partial charge in [0.05, 0.1) is 25.3 Å². The summed E-state index contributed by atoms with van der Waals surface area (Å²) < 4.78 is 53.2. The lowest BCUT2D eigenvalue weighted by Gasteiger charge is -2.18. The van der Waals surface area contributed by atoms with Crippen LogP contribution in [0.15, 0.2) is 22.8 Å². The Balaban J connectivity index is 2.63. The Labute approximate surface area is 107 Å². The molecular weight excluding hydrogens is 280 g/mol. The number of sulfonamides is 2. The lowest BCUT2D eigenvalue weighted by atomic mass is 10.4. The monoisotopic (exact) mass is 296 g/mol. The average molecular weight is 296 g/mol. The van der Waals surface area contributed by atoms with E-state index in [2.05, 4.69) is 4.72 Å². The third-order valence-electron chi connectivity index (χ3n) is 2.11. The van der Waals surface area contributed by atoms with E-state index in [1.165, 1.54) is 6.26 Å². The van der Waals surface area contributed by atoms with Crippen molar-refractivity contribution in [1.29, 1.82) is 0 Å². The fraction of sp³-hybridized carbons (Fsp3) is 0.556. The van der Waals surface area contributed by atoms with E-state index in [-0.39, 0.29) is 19.6 Å². The summed E-state index contributed by atoms with van der Waals surface area (Å²) in [6.45, 7) is 0.149. The molecule has 0 aliphatic carbocycles. The highest BCUT2D eigenvalue weighted by atomic mass is 32.2. The van der Waals surface area contributed by atoms with Crippen LogP contribution in [0.2, 0.25) is 0 Å².